The average Bonchev–Trinajstić information content (AvgIpc) is 2.88. The Morgan fingerprint density at radius 2 is 1.75 bits per heavy atom. The number of benzene rings is 2. The van der Waals surface area contributed by atoms with Crippen molar-refractivity contribution in [2.45, 2.75) is 32.4 Å². The topological polar surface area (TPSA) is 104 Å². The molecule has 2 aromatic carbocycles. The summed E-state index contributed by atoms with van der Waals surface area (Å²) in [5.41, 5.74) is 2.73. The Labute approximate surface area is 191 Å². The van der Waals surface area contributed by atoms with Gasteiger partial charge >= 0.3 is 5.97 Å². The van der Waals surface area contributed by atoms with Gasteiger partial charge in [0.25, 0.3) is 0 Å². The van der Waals surface area contributed by atoms with Crippen LogP contribution in [0.2, 0.25) is 0 Å². The summed E-state index contributed by atoms with van der Waals surface area (Å²) in [6.45, 7) is 1.20. The molecule has 0 aliphatic carbocycles. The average molecular weight is 455 g/mol. The van der Waals surface area contributed by atoms with Gasteiger partial charge in [-0.25, -0.2) is 0 Å². The standard InChI is InChI=1S/C24H26N2O5S/c1-16(27)32-15-20(11-17-7-3-2-4-8-17)23(30)25-21-12-18-9-5-6-10-19(18)13-26(24(21)31)14-22(28)29/h2-10,20-21H,11-15H2,1H3,(H,25,30)(H,28,29). The highest BCUT2D eigenvalue weighted by molar-refractivity contribution is 8.13. The smallest absolute Gasteiger partial charge is 0.323 e. The maximum Gasteiger partial charge on any atom is 0.323 e. The number of fused-ring (bicyclic) bond motifs is 1. The van der Waals surface area contributed by atoms with E-state index < -0.39 is 30.4 Å². The third-order valence-corrected chi connectivity index (χ3v) is 6.32. The van der Waals surface area contributed by atoms with Gasteiger partial charge in [0.05, 0.1) is 5.92 Å². The number of thioether (sulfide) groups is 1. The second kappa shape index (κ2) is 10.9. The van der Waals surface area contributed by atoms with Crippen LogP contribution in [0.1, 0.15) is 23.6 Å². The summed E-state index contributed by atoms with van der Waals surface area (Å²) in [7, 11) is 0. The zero-order valence-electron chi connectivity index (χ0n) is 17.8. The van der Waals surface area contributed by atoms with E-state index in [4.69, 9.17) is 0 Å². The molecule has 2 aromatic rings. The lowest BCUT2D eigenvalue weighted by atomic mass is 9.98. The van der Waals surface area contributed by atoms with Crippen LogP contribution in [0.5, 0.6) is 0 Å². The molecule has 0 radical (unpaired) electrons. The van der Waals surface area contributed by atoms with E-state index in [2.05, 4.69) is 5.32 Å². The molecule has 3 rings (SSSR count). The van der Waals surface area contributed by atoms with Gasteiger partial charge in [-0.1, -0.05) is 66.4 Å². The quantitative estimate of drug-likeness (QED) is 0.634. The Morgan fingerprint density at radius 1 is 1.09 bits per heavy atom. The number of aliphatic carboxylic acids is 1. The Balaban J connectivity index is 1.81. The Kier molecular flexibility index (Phi) is 8.05. The summed E-state index contributed by atoms with van der Waals surface area (Å²) in [6.07, 6.45) is 0.720. The number of carboxylic acid groups (broad SMARTS) is 1. The van der Waals surface area contributed by atoms with E-state index in [9.17, 15) is 24.3 Å². The molecular weight excluding hydrogens is 428 g/mol. The Morgan fingerprint density at radius 3 is 2.41 bits per heavy atom. The minimum Gasteiger partial charge on any atom is -0.480 e. The number of carbonyl (C=O) groups excluding carboxylic acids is 3. The van der Waals surface area contributed by atoms with Gasteiger partial charge in [0.2, 0.25) is 11.8 Å². The molecule has 0 saturated carbocycles. The first kappa shape index (κ1) is 23.5. The minimum atomic E-state index is -1.11. The van der Waals surface area contributed by atoms with Crippen LogP contribution in [0.3, 0.4) is 0 Å². The third-order valence-electron chi connectivity index (χ3n) is 5.34. The van der Waals surface area contributed by atoms with E-state index in [1.807, 2.05) is 54.6 Å². The fraction of sp³-hybridized carbons (Fsp3) is 0.333. The van der Waals surface area contributed by atoms with Gasteiger partial charge in [-0.2, -0.15) is 0 Å². The van der Waals surface area contributed by atoms with E-state index in [0.717, 1.165) is 28.5 Å². The highest BCUT2D eigenvalue weighted by atomic mass is 32.2. The third kappa shape index (κ3) is 6.43. The van der Waals surface area contributed by atoms with Crippen molar-refractivity contribution in [3.8, 4) is 0 Å². The molecule has 8 heteroatoms. The van der Waals surface area contributed by atoms with Crippen molar-refractivity contribution in [1.82, 2.24) is 10.2 Å². The van der Waals surface area contributed by atoms with Crippen molar-refractivity contribution in [3.05, 3.63) is 71.3 Å². The van der Waals surface area contributed by atoms with E-state index in [0.29, 0.717) is 12.2 Å². The molecule has 0 fully saturated rings. The van der Waals surface area contributed by atoms with Gasteiger partial charge in [0, 0.05) is 25.6 Å². The zero-order chi connectivity index (χ0) is 23.1. The van der Waals surface area contributed by atoms with Crippen molar-refractivity contribution < 1.29 is 24.3 Å². The molecule has 32 heavy (non-hydrogen) atoms. The summed E-state index contributed by atoms with van der Waals surface area (Å²) < 4.78 is 0. The molecule has 0 saturated heterocycles. The van der Waals surface area contributed by atoms with Gasteiger partial charge in [-0.3, -0.25) is 19.2 Å². The van der Waals surface area contributed by atoms with Crippen LogP contribution in [0.4, 0.5) is 0 Å². The summed E-state index contributed by atoms with van der Waals surface area (Å²) in [6, 6.07) is 16.1. The number of carboxylic acids is 1. The van der Waals surface area contributed by atoms with Crippen molar-refractivity contribution >= 4 is 34.7 Å². The van der Waals surface area contributed by atoms with Crippen LogP contribution in [0.15, 0.2) is 54.6 Å². The lowest BCUT2D eigenvalue weighted by molar-refractivity contribution is -0.146. The number of hydrogen-bond donors (Lipinski definition) is 2. The maximum absolute atomic E-state index is 13.2. The number of amides is 2. The zero-order valence-corrected chi connectivity index (χ0v) is 18.6. The lowest BCUT2D eigenvalue weighted by Crippen LogP contribution is -2.51. The predicted molar refractivity (Wildman–Crippen MR) is 122 cm³/mol. The first-order valence-corrected chi connectivity index (χ1v) is 11.4. The van der Waals surface area contributed by atoms with Crippen LogP contribution in [0.25, 0.3) is 0 Å². The molecule has 1 heterocycles. The lowest BCUT2D eigenvalue weighted by Gasteiger charge is -2.25. The van der Waals surface area contributed by atoms with Crippen molar-refractivity contribution in [2.75, 3.05) is 12.3 Å². The van der Waals surface area contributed by atoms with Crippen LogP contribution in [-0.2, 0) is 38.6 Å². The highest BCUT2D eigenvalue weighted by Gasteiger charge is 2.33. The first-order valence-electron chi connectivity index (χ1n) is 10.4. The predicted octanol–water partition coefficient (Wildman–Crippen LogP) is 2.28. The molecule has 2 atom stereocenters. The fourth-order valence-electron chi connectivity index (χ4n) is 3.77. The normalized spacial score (nSPS) is 16.6. The first-order chi connectivity index (χ1) is 15.3. The van der Waals surface area contributed by atoms with Gasteiger partial charge < -0.3 is 15.3 Å². The van der Waals surface area contributed by atoms with Gasteiger partial charge in [0.15, 0.2) is 5.12 Å². The molecule has 2 unspecified atom stereocenters. The Bertz CT molecular complexity index is 995. The number of carbonyl (C=O) groups is 4. The molecule has 0 bridgehead atoms. The molecule has 2 amide bonds. The van der Waals surface area contributed by atoms with Crippen LogP contribution < -0.4 is 5.32 Å². The monoisotopic (exact) mass is 454 g/mol. The Hall–Kier alpha value is -3.13. The molecule has 0 spiro atoms. The highest BCUT2D eigenvalue weighted by Crippen LogP contribution is 2.21. The van der Waals surface area contributed by atoms with Crippen molar-refractivity contribution in [1.29, 1.82) is 0 Å². The van der Waals surface area contributed by atoms with E-state index in [1.54, 1.807) is 0 Å². The van der Waals surface area contributed by atoms with E-state index in [1.165, 1.54) is 11.8 Å². The number of nitrogens with zero attached hydrogens (tertiary/aromatic N) is 1. The van der Waals surface area contributed by atoms with Crippen molar-refractivity contribution in [2.24, 2.45) is 5.92 Å². The molecule has 168 valence electrons. The second-order valence-corrected chi connectivity index (χ2v) is 9.01. The van der Waals surface area contributed by atoms with Gasteiger partial charge in [-0.05, 0) is 23.1 Å². The largest absolute Gasteiger partial charge is 0.480 e. The summed E-state index contributed by atoms with van der Waals surface area (Å²) >= 11 is 1.08. The molecule has 1 aliphatic rings. The molecule has 0 aromatic heterocycles. The minimum absolute atomic E-state index is 0.0806. The van der Waals surface area contributed by atoms with Gasteiger partial charge in [-0.15, -0.1) is 0 Å². The molecule has 7 nitrogen and oxygen atoms in total. The number of rotatable bonds is 8. The second-order valence-electron chi connectivity index (χ2n) is 7.81. The fourth-order valence-corrected chi connectivity index (χ4v) is 4.47. The van der Waals surface area contributed by atoms with Crippen LogP contribution in [-0.4, -0.2) is 51.2 Å². The maximum atomic E-state index is 13.2. The SMILES string of the molecule is CC(=O)SCC(Cc1ccccc1)C(=O)NC1Cc2ccccc2CN(CC(=O)O)C1=O. The summed E-state index contributed by atoms with van der Waals surface area (Å²) in [4.78, 5) is 50.4. The number of nitrogens with one attached hydrogen (secondary N) is 1. The van der Waals surface area contributed by atoms with Crippen LogP contribution >= 0.6 is 11.8 Å². The molecule has 2 N–H and O–H groups in total. The summed E-state index contributed by atoms with van der Waals surface area (Å²) in [5.74, 6) is -2.06. The van der Waals surface area contributed by atoms with E-state index in [-0.39, 0.29) is 24.0 Å². The summed E-state index contributed by atoms with van der Waals surface area (Å²) in [5, 5.41) is 12.0. The number of hydrogen-bond acceptors (Lipinski definition) is 5. The van der Waals surface area contributed by atoms with Gasteiger partial charge in [0.1, 0.15) is 12.6 Å². The molecule has 1 aliphatic heterocycles. The van der Waals surface area contributed by atoms with Crippen LogP contribution in [0, 0.1) is 5.92 Å². The van der Waals surface area contributed by atoms with Crippen molar-refractivity contribution in [3.63, 3.8) is 0 Å². The molecular formula is C24H26N2O5S. The van der Waals surface area contributed by atoms with E-state index >= 15 is 0 Å².